The summed E-state index contributed by atoms with van der Waals surface area (Å²) in [6.07, 6.45) is 2.87. The third-order valence-electron chi connectivity index (χ3n) is 5.33. The van der Waals surface area contributed by atoms with Gasteiger partial charge in [-0.05, 0) is 69.8 Å². The molecular weight excluding hydrogens is 356 g/mol. The number of benzene rings is 1. The van der Waals surface area contributed by atoms with E-state index in [-0.39, 0.29) is 11.8 Å². The Morgan fingerprint density at radius 1 is 1.21 bits per heavy atom. The van der Waals surface area contributed by atoms with Gasteiger partial charge in [-0.1, -0.05) is 12.1 Å². The summed E-state index contributed by atoms with van der Waals surface area (Å²) in [5, 5.41) is 15.2. The topological polar surface area (TPSA) is 90.6 Å². The number of phenolic OH excluding ortho intramolecular Hbond substituents is 1. The maximum absolute atomic E-state index is 12.0. The van der Waals surface area contributed by atoms with E-state index in [0.29, 0.717) is 19.0 Å². The summed E-state index contributed by atoms with van der Waals surface area (Å²) < 4.78 is 5.67. The highest BCUT2D eigenvalue weighted by molar-refractivity contribution is 5.73. The first-order chi connectivity index (χ1) is 13.5. The van der Waals surface area contributed by atoms with Crippen LogP contribution in [0.15, 0.2) is 28.7 Å². The number of urea groups is 1. The summed E-state index contributed by atoms with van der Waals surface area (Å²) in [7, 11) is 0. The molecule has 0 aliphatic carbocycles. The highest BCUT2D eigenvalue weighted by Crippen LogP contribution is 2.19. The van der Waals surface area contributed by atoms with Crippen molar-refractivity contribution in [1.82, 2.24) is 20.5 Å². The minimum Gasteiger partial charge on any atom is -0.508 e. The van der Waals surface area contributed by atoms with Gasteiger partial charge in [0.1, 0.15) is 11.5 Å². The first kappa shape index (κ1) is 20.2. The van der Waals surface area contributed by atoms with Gasteiger partial charge in [0.15, 0.2) is 0 Å². The van der Waals surface area contributed by atoms with Crippen LogP contribution in [0.4, 0.5) is 4.79 Å². The average Bonchev–Trinajstić information content (AvgIpc) is 3.00. The zero-order chi connectivity index (χ0) is 19.9. The molecule has 0 atom stereocenters. The second-order valence-corrected chi connectivity index (χ2v) is 7.52. The van der Waals surface area contributed by atoms with Gasteiger partial charge in [-0.15, -0.1) is 0 Å². The van der Waals surface area contributed by atoms with Gasteiger partial charge in [0.25, 0.3) is 0 Å². The monoisotopic (exact) mass is 386 g/mol. The van der Waals surface area contributed by atoms with E-state index in [1.807, 2.05) is 26.0 Å². The van der Waals surface area contributed by atoms with E-state index in [9.17, 15) is 9.90 Å². The van der Waals surface area contributed by atoms with Crippen LogP contribution in [0.25, 0.3) is 0 Å². The number of aromatic nitrogens is 1. The molecule has 7 nitrogen and oxygen atoms in total. The van der Waals surface area contributed by atoms with Gasteiger partial charge < -0.3 is 20.2 Å². The lowest BCUT2D eigenvalue weighted by Crippen LogP contribution is -2.42. The molecule has 3 rings (SSSR count). The van der Waals surface area contributed by atoms with Crippen molar-refractivity contribution >= 4 is 6.03 Å². The SMILES string of the molecule is Cc1nc(CN2CCC(CNC(=O)NCCc3ccc(O)cc3)CC2)oc1C. The molecule has 0 saturated carbocycles. The molecule has 0 spiro atoms. The maximum atomic E-state index is 12.0. The predicted octanol–water partition coefficient (Wildman–Crippen LogP) is 2.75. The largest absolute Gasteiger partial charge is 0.508 e. The smallest absolute Gasteiger partial charge is 0.314 e. The molecule has 0 unspecified atom stereocenters. The highest BCUT2D eigenvalue weighted by atomic mass is 16.4. The van der Waals surface area contributed by atoms with Crippen molar-refractivity contribution in [3.8, 4) is 5.75 Å². The molecule has 2 heterocycles. The van der Waals surface area contributed by atoms with Gasteiger partial charge in [0.05, 0.1) is 12.2 Å². The number of amides is 2. The first-order valence-electron chi connectivity index (χ1n) is 9.94. The number of likely N-dealkylation sites (tertiary alicyclic amines) is 1. The third kappa shape index (κ3) is 5.99. The fourth-order valence-electron chi connectivity index (χ4n) is 3.43. The van der Waals surface area contributed by atoms with Crippen LogP contribution >= 0.6 is 0 Å². The molecule has 1 saturated heterocycles. The van der Waals surface area contributed by atoms with E-state index in [1.54, 1.807) is 12.1 Å². The number of carbonyl (C=O) groups excluding carboxylic acids is 1. The first-order valence-corrected chi connectivity index (χ1v) is 9.94. The number of rotatable bonds is 7. The van der Waals surface area contributed by atoms with Crippen LogP contribution in [-0.2, 0) is 13.0 Å². The Balaban J connectivity index is 1.29. The van der Waals surface area contributed by atoms with Crippen molar-refractivity contribution in [2.45, 2.75) is 39.7 Å². The Hall–Kier alpha value is -2.54. The summed E-state index contributed by atoms with van der Waals surface area (Å²) in [4.78, 5) is 18.8. The molecule has 0 bridgehead atoms. The van der Waals surface area contributed by atoms with Crippen LogP contribution in [-0.4, -0.2) is 47.2 Å². The van der Waals surface area contributed by atoms with Crippen molar-refractivity contribution in [3.63, 3.8) is 0 Å². The maximum Gasteiger partial charge on any atom is 0.314 e. The van der Waals surface area contributed by atoms with Crippen molar-refractivity contribution in [3.05, 3.63) is 47.2 Å². The minimum absolute atomic E-state index is 0.119. The molecule has 1 aromatic carbocycles. The van der Waals surface area contributed by atoms with E-state index in [0.717, 1.165) is 61.8 Å². The fourth-order valence-corrected chi connectivity index (χ4v) is 3.43. The number of aryl methyl sites for hydroxylation is 2. The molecule has 0 radical (unpaired) electrons. The molecule has 1 fully saturated rings. The summed E-state index contributed by atoms with van der Waals surface area (Å²) in [5.41, 5.74) is 2.05. The van der Waals surface area contributed by atoms with Crippen LogP contribution in [0.3, 0.4) is 0 Å². The lowest BCUT2D eigenvalue weighted by Gasteiger charge is -2.31. The van der Waals surface area contributed by atoms with Crippen molar-refractivity contribution < 1.29 is 14.3 Å². The normalized spacial score (nSPS) is 15.5. The van der Waals surface area contributed by atoms with Crippen molar-refractivity contribution in [2.24, 2.45) is 5.92 Å². The number of carbonyl (C=O) groups is 1. The summed E-state index contributed by atoms with van der Waals surface area (Å²) in [6, 6.07) is 6.93. The lowest BCUT2D eigenvalue weighted by molar-refractivity contribution is 0.162. The molecule has 152 valence electrons. The Morgan fingerprint density at radius 2 is 1.93 bits per heavy atom. The summed E-state index contributed by atoms with van der Waals surface area (Å²) in [5.74, 6) is 2.45. The van der Waals surface area contributed by atoms with E-state index < -0.39 is 0 Å². The number of hydrogen-bond donors (Lipinski definition) is 3. The van der Waals surface area contributed by atoms with E-state index >= 15 is 0 Å². The predicted molar refractivity (Wildman–Crippen MR) is 107 cm³/mol. The number of nitrogens with zero attached hydrogens (tertiary/aromatic N) is 2. The average molecular weight is 386 g/mol. The molecule has 1 aromatic heterocycles. The summed E-state index contributed by atoms with van der Waals surface area (Å²) >= 11 is 0. The quantitative estimate of drug-likeness (QED) is 0.681. The number of phenols is 1. The molecule has 2 amide bonds. The third-order valence-corrected chi connectivity index (χ3v) is 5.33. The van der Waals surface area contributed by atoms with Crippen LogP contribution in [0.1, 0.15) is 35.7 Å². The van der Waals surface area contributed by atoms with E-state index in [4.69, 9.17) is 4.42 Å². The van der Waals surface area contributed by atoms with Gasteiger partial charge in [0, 0.05) is 13.1 Å². The van der Waals surface area contributed by atoms with Crippen molar-refractivity contribution in [2.75, 3.05) is 26.2 Å². The Bertz CT molecular complexity index is 745. The molecule has 2 aromatic rings. The van der Waals surface area contributed by atoms with Crippen LogP contribution < -0.4 is 10.6 Å². The molecule has 1 aliphatic heterocycles. The number of piperidine rings is 1. The van der Waals surface area contributed by atoms with Crippen LogP contribution in [0, 0.1) is 19.8 Å². The zero-order valence-corrected chi connectivity index (χ0v) is 16.7. The molecular formula is C21H30N4O3. The van der Waals surface area contributed by atoms with Gasteiger partial charge >= 0.3 is 6.03 Å². The minimum atomic E-state index is -0.119. The van der Waals surface area contributed by atoms with Crippen LogP contribution in [0.2, 0.25) is 0 Å². The van der Waals surface area contributed by atoms with Gasteiger partial charge in [-0.2, -0.15) is 0 Å². The number of oxazole rings is 1. The Morgan fingerprint density at radius 3 is 2.57 bits per heavy atom. The van der Waals surface area contributed by atoms with E-state index in [1.165, 1.54) is 0 Å². The zero-order valence-electron chi connectivity index (χ0n) is 16.7. The molecule has 28 heavy (non-hydrogen) atoms. The van der Waals surface area contributed by atoms with Crippen LogP contribution in [0.5, 0.6) is 5.75 Å². The second-order valence-electron chi connectivity index (χ2n) is 7.52. The number of hydrogen-bond acceptors (Lipinski definition) is 5. The summed E-state index contributed by atoms with van der Waals surface area (Å²) in [6.45, 7) is 7.94. The number of nitrogens with one attached hydrogen (secondary N) is 2. The van der Waals surface area contributed by atoms with Gasteiger partial charge in [-0.3, -0.25) is 4.90 Å². The second kappa shape index (κ2) is 9.59. The molecule has 7 heteroatoms. The molecule has 1 aliphatic rings. The van der Waals surface area contributed by atoms with Crippen molar-refractivity contribution in [1.29, 1.82) is 0 Å². The highest BCUT2D eigenvalue weighted by Gasteiger charge is 2.21. The Labute approximate surface area is 166 Å². The lowest BCUT2D eigenvalue weighted by atomic mass is 9.97. The number of aromatic hydroxyl groups is 1. The molecule has 3 N–H and O–H groups in total. The van der Waals surface area contributed by atoms with E-state index in [2.05, 4.69) is 20.5 Å². The van der Waals surface area contributed by atoms with Gasteiger partial charge in [0.2, 0.25) is 5.89 Å². The standard InChI is InChI=1S/C21H30N4O3/c1-15-16(2)28-20(24-15)14-25-11-8-18(9-12-25)13-23-21(27)22-10-7-17-3-5-19(26)6-4-17/h3-6,18,26H,7-14H2,1-2H3,(H2,22,23,27). The van der Waals surface area contributed by atoms with Gasteiger partial charge in [-0.25, -0.2) is 9.78 Å². The fraction of sp³-hybridized carbons (Fsp3) is 0.524. The Kier molecular flexibility index (Phi) is 6.92.